The van der Waals surface area contributed by atoms with Crippen molar-refractivity contribution in [2.24, 2.45) is 0 Å². The highest BCUT2D eigenvalue weighted by atomic mass is 32.2. The summed E-state index contributed by atoms with van der Waals surface area (Å²) in [6, 6.07) is 5.92. The number of anilines is 1. The molecule has 0 spiro atoms. The average Bonchev–Trinajstić information content (AvgIpc) is 2.30. The van der Waals surface area contributed by atoms with Crippen molar-refractivity contribution in [2.75, 3.05) is 12.4 Å². The minimum atomic E-state index is -3.43. The highest BCUT2D eigenvalue weighted by Crippen LogP contribution is 2.13. The highest BCUT2D eigenvalue weighted by Gasteiger charge is 2.10. The molecule has 0 aromatic heterocycles. The topological polar surface area (TPSA) is 75.3 Å². The van der Waals surface area contributed by atoms with E-state index in [-0.39, 0.29) is 10.8 Å². The van der Waals surface area contributed by atoms with E-state index < -0.39 is 10.0 Å². The molecular formula is C11H14N2O3S. The normalized spacial score (nSPS) is 11.6. The molecule has 92 valence electrons. The van der Waals surface area contributed by atoms with E-state index in [0.717, 1.165) is 0 Å². The Balaban J connectivity index is 2.86. The van der Waals surface area contributed by atoms with Gasteiger partial charge < -0.3 is 5.32 Å². The van der Waals surface area contributed by atoms with Gasteiger partial charge >= 0.3 is 0 Å². The van der Waals surface area contributed by atoms with Gasteiger partial charge in [0.2, 0.25) is 15.9 Å². The number of hydrogen-bond acceptors (Lipinski definition) is 3. The van der Waals surface area contributed by atoms with E-state index in [9.17, 15) is 13.2 Å². The van der Waals surface area contributed by atoms with E-state index in [4.69, 9.17) is 0 Å². The fourth-order valence-corrected chi connectivity index (χ4v) is 1.90. The molecule has 17 heavy (non-hydrogen) atoms. The molecule has 1 aromatic rings. The van der Waals surface area contributed by atoms with Crippen molar-refractivity contribution in [1.82, 2.24) is 4.72 Å². The van der Waals surface area contributed by atoms with E-state index in [0.29, 0.717) is 5.69 Å². The number of carbonyl (C=O) groups excluding carboxylic acids is 1. The third-order valence-corrected chi connectivity index (χ3v) is 3.45. The second-order valence-corrected chi connectivity index (χ2v) is 5.11. The van der Waals surface area contributed by atoms with Crippen molar-refractivity contribution >= 4 is 21.6 Å². The Hall–Kier alpha value is -1.66. The third-order valence-electron chi connectivity index (χ3n) is 2.02. The van der Waals surface area contributed by atoms with Gasteiger partial charge in [0.15, 0.2) is 0 Å². The van der Waals surface area contributed by atoms with Crippen LogP contribution in [-0.4, -0.2) is 21.4 Å². The number of hydrogen-bond donors (Lipinski definition) is 2. The monoisotopic (exact) mass is 254 g/mol. The first-order valence-electron chi connectivity index (χ1n) is 4.97. The van der Waals surface area contributed by atoms with E-state index in [1.165, 1.54) is 37.4 Å². The number of allylic oxidation sites excluding steroid dienone is 1. The van der Waals surface area contributed by atoms with Crippen molar-refractivity contribution in [2.45, 2.75) is 11.8 Å². The van der Waals surface area contributed by atoms with Crippen LogP contribution in [0.5, 0.6) is 0 Å². The molecule has 1 rings (SSSR count). The first-order chi connectivity index (χ1) is 7.99. The van der Waals surface area contributed by atoms with Crippen molar-refractivity contribution in [3.8, 4) is 0 Å². The van der Waals surface area contributed by atoms with Gasteiger partial charge in [-0.3, -0.25) is 4.79 Å². The van der Waals surface area contributed by atoms with Crippen LogP contribution in [0.25, 0.3) is 0 Å². The van der Waals surface area contributed by atoms with E-state index in [1.54, 1.807) is 13.0 Å². The molecule has 0 aliphatic carbocycles. The lowest BCUT2D eigenvalue weighted by molar-refractivity contribution is -0.111. The maximum Gasteiger partial charge on any atom is 0.248 e. The Labute approximate surface area is 101 Å². The van der Waals surface area contributed by atoms with Crippen molar-refractivity contribution < 1.29 is 13.2 Å². The van der Waals surface area contributed by atoms with Crippen LogP contribution in [-0.2, 0) is 14.8 Å². The first-order valence-corrected chi connectivity index (χ1v) is 6.45. The molecule has 0 radical (unpaired) electrons. The van der Waals surface area contributed by atoms with Crippen LogP contribution in [0.1, 0.15) is 6.92 Å². The zero-order chi connectivity index (χ0) is 12.9. The molecule has 0 aliphatic heterocycles. The van der Waals surface area contributed by atoms with Gasteiger partial charge in [0.05, 0.1) is 4.90 Å². The summed E-state index contributed by atoms with van der Waals surface area (Å²) in [5.74, 6) is -0.253. The third kappa shape index (κ3) is 3.69. The molecule has 5 nitrogen and oxygen atoms in total. The minimum Gasteiger partial charge on any atom is -0.323 e. The lowest BCUT2D eigenvalue weighted by Crippen LogP contribution is -2.18. The standard InChI is InChI=1S/C11H14N2O3S/c1-3-4-11(14)13-9-5-7-10(8-6-9)17(15,16)12-2/h3-8,12H,1-2H3,(H,13,14)/b4-3+. The second kappa shape index (κ2) is 5.60. The summed E-state index contributed by atoms with van der Waals surface area (Å²) >= 11 is 0. The van der Waals surface area contributed by atoms with Crippen LogP contribution >= 0.6 is 0 Å². The molecule has 0 heterocycles. The molecule has 0 saturated carbocycles. The van der Waals surface area contributed by atoms with E-state index in [1.807, 2.05) is 0 Å². The lowest BCUT2D eigenvalue weighted by atomic mass is 10.3. The summed E-state index contributed by atoms with van der Waals surface area (Å²) in [5, 5.41) is 2.60. The molecule has 0 aliphatic rings. The number of amides is 1. The zero-order valence-corrected chi connectivity index (χ0v) is 10.4. The second-order valence-electron chi connectivity index (χ2n) is 3.22. The van der Waals surface area contributed by atoms with Crippen LogP contribution in [0, 0.1) is 0 Å². The van der Waals surface area contributed by atoms with Crippen LogP contribution in [0.4, 0.5) is 5.69 Å². The summed E-state index contributed by atoms with van der Waals surface area (Å²) in [6.07, 6.45) is 3.01. The van der Waals surface area contributed by atoms with Crippen molar-refractivity contribution in [3.05, 3.63) is 36.4 Å². The van der Waals surface area contributed by atoms with Crippen LogP contribution < -0.4 is 10.0 Å². The largest absolute Gasteiger partial charge is 0.323 e. The van der Waals surface area contributed by atoms with Crippen molar-refractivity contribution in [3.63, 3.8) is 0 Å². The minimum absolute atomic E-state index is 0.157. The molecule has 0 atom stereocenters. The smallest absolute Gasteiger partial charge is 0.248 e. The Bertz CT molecular complexity index is 518. The summed E-state index contributed by atoms with van der Waals surface area (Å²) in [4.78, 5) is 11.4. The van der Waals surface area contributed by atoms with Gasteiger partial charge in [0, 0.05) is 5.69 Å². The highest BCUT2D eigenvalue weighted by molar-refractivity contribution is 7.89. The molecule has 1 amide bonds. The Morgan fingerprint density at radius 2 is 1.82 bits per heavy atom. The number of rotatable bonds is 4. The molecule has 0 fully saturated rings. The Kier molecular flexibility index (Phi) is 4.42. The Morgan fingerprint density at radius 3 is 2.29 bits per heavy atom. The zero-order valence-electron chi connectivity index (χ0n) is 9.60. The van der Waals surface area contributed by atoms with Crippen LogP contribution in [0.15, 0.2) is 41.3 Å². The molecule has 6 heteroatoms. The number of sulfonamides is 1. The van der Waals surface area contributed by atoms with Gasteiger partial charge in [-0.1, -0.05) is 6.08 Å². The summed E-state index contributed by atoms with van der Waals surface area (Å²) in [6.45, 7) is 1.74. The molecule has 2 N–H and O–H groups in total. The number of carbonyl (C=O) groups is 1. The predicted molar refractivity (Wildman–Crippen MR) is 66.1 cm³/mol. The van der Waals surface area contributed by atoms with Crippen LogP contribution in [0.2, 0.25) is 0 Å². The van der Waals surface area contributed by atoms with Gasteiger partial charge in [0.1, 0.15) is 0 Å². The van der Waals surface area contributed by atoms with E-state index in [2.05, 4.69) is 10.0 Å². The maximum absolute atomic E-state index is 11.4. The molecule has 0 saturated heterocycles. The fraction of sp³-hybridized carbons (Fsp3) is 0.182. The summed E-state index contributed by atoms with van der Waals surface area (Å²) in [7, 11) is -2.09. The van der Waals surface area contributed by atoms with Gasteiger partial charge in [-0.15, -0.1) is 0 Å². The van der Waals surface area contributed by atoms with Gasteiger partial charge in [-0.2, -0.15) is 0 Å². The van der Waals surface area contributed by atoms with Crippen molar-refractivity contribution in [1.29, 1.82) is 0 Å². The quantitative estimate of drug-likeness (QED) is 0.790. The predicted octanol–water partition coefficient (Wildman–Crippen LogP) is 1.11. The molecule has 1 aromatic carbocycles. The van der Waals surface area contributed by atoms with Gasteiger partial charge in [0.25, 0.3) is 0 Å². The lowest BCUT2D eigenvalue weighted by Gasteiger charge is -2.05. The number of nitrogens with one attached hydrogen (secondary N) is 2. The average molecular weight is 254 g/mol. The maximum atomic E-state index is 11.4. The molecule has 0 unspecified atom stereocenters. The fourth-order valence-electron chi connectivity index (χ4n) is 1.17. The molecular weight excluding hydrogens is 240 g/mol. The van der Waals surface area contributed by atoms with Gasteiger partial charge in [-0.25, -0.2) is 13.1 Å². The first kappa shape index (κ1) is 13.4. The summed E-state index contributed by atoms with van der Waals surface area (Å²) in [5.41, 5.74) is 0.545. The SMILES string of the molecule is C/C=C/C(=O)Nc1ccc(S(=O)(=O)NC)cc1. The van der Waals surface area contributed by atoms with Crippen LogP contribution in [0.3, 0.4) is 0 Å². The molecule has 0 bridgehead atoms. The number of benzene rings is 1. The van der Waals surface area contributed by atoms with Gasteiger partial charge in [-0.05, 0) is 44.3 Å². The summed E-state index contributed by atoms with van der Waals surface area (Å²) < 4.78 is 25.1. The van der Waals surface area contributed by atoms with E-state index >= 15 is 0 Å². The Morgan fingerprint density at radius 1 is 1.24 bits per heavy atom.